The predicted octanol–water partition coefficient (Wildman–Crippen LogP) is 3.68. The average Bonchev–Trinajstić information content (AvgIpc) is 3.39. The molecule has 4 rings (SSSR count). The molecule has 0 unspecified atom stereocenters. The van der Waals surface area contributed by atoms with Crippen LogP contribution in [0.5, 0.6) is 0 Å². The fourth-order valence-electron chi connectivity index (χ4n) is 4.37. The minimum absolute atomic E-state index is 0.00937. The number of oxazole rings is 1. The minimum Gasteiger partial charge on any atom is -0.443 e. The molecule has 1 aromatic heterocycles. The van der Waals surface area contributed by atoms with Crippen molar-refractivity contribution in [2.45, 2.75) is 38.6 Å². The third-order valence-electron chi connectivity index (χ3n) is 6.03. The van der Waals surface area contributed by atoms with Gasteiger partial charge in [-0.25, -0.2) is 4.98 Å². The van der Waals surface area contributed by atoms with Crippen LogP contribution in [0, 0.1) is 5.92 Å². The van der Waals surface area contributed by atoms with Crippen molar-refractivity contribution < 1.29 is 9.21 Å². The van der Waals surface area contributed by atoms with Gasteiger partial charge in [-0.1, -0.05) is 30.3 Å². The van der Waals surface area contributed by atoms with Gasteiger partial charge in [0.15, 0.2) is 17.8 Å². The van der Waals surface area contributed by atoms with E-state index in [1.54, 1.807) is 0 Å². The number of nitrogens with zero attached hydrogens (tertiary/aromatic N) is 3. The fourth-order valence-corrected chi connectivity index (χ4v) is 4.37. The molecule has 138 valence electrons. The summed E-state index contributed by atoms with van der Waals surface area (Å²) in [6, 6.07) is 10.4. The van der Waals surface area contributed by atoms with Crippen LogP contribution >= 0.6 is 0 Å². The van der Waals surface area contributed by atoms with Crippen LogP contribution < -0.4 is 0 Å². The third-order valence-corrected chi connectivity index (χ3v) is 6.03. The molecule has 5 heteroatoms. The molecular formula is C21H27N3O2. The molecule has 26 heavy (non-hydrogen) atoms. The Kier molecular flexibility index (Phi) is 5.07. The zero-order chi connectivity index (χ0) is 17.9. The molecule has 1 atom stereocenters. The summed E-state index contributed by atoms with van der Waals surface area (Å²) >= 11 is 0. The van der Waals surface area contributed by atoms with Crippen LogP contribution in [0.15, 0.2) is 41.1 Å². The van der Waals surface area contributed by atoms with Gasteiger partial charge < -0.3 is 14.2 Å². The van der Waals surface area contributed by atoms with Gasteiger partial charge in [-0.2, -0.15) is 0 Å². The lowest BCUT2D eigenvalue weighted by molar-refractivity contribution is 0.0619. The van der Waals surface area contributed by atoms with Crippen LogP contribution in [0.1, 0.15) is 43.1 Å². The van der Waals surface area contributed by atoms with Gasteiger partial charge >= 0.3 is 0 Å². The maximum atomic E-state index is 13.0. The Balaban J connectivity index is 1.41. The first-order chi connectivity index (χ1) is 12.7. The van der Waals surface area contributed by atoms with Gasteiger partial charge in [0.1, 0.15) is 0 Å². The van der Waals surface area contributed by atoms with E-state index < -0.39 is 0 Å². The molecule has 0 radical (unpaired) electrons. The molecule has 5 nitrogen and oxygen atoms in total. The van der Waals surface area contributed by atoms with Crippen LogP contribution in [0.2, 0.25) is 0 Å². The van der Waals surface area contributed by atoms with E-state index >= 15 is 0 Å². The van der Waals surface area contributed by atoms with Crippen LogP contribution in [0.25, 0.3) is 11.3 Å². The van der Waals surface area contributed by atoms with E-state index in [9.17, 15) is 4.79 Å². The molecule has 2 aliphatic heterocycles. The Hall–Kier alpha value is -2.14. The van der Waals surface area contributed by atoms with Crippen LogP contribution in [-0.2, 0) is 0 Å². The second-order valence-electron chi connectivity index (χ2n) is 7.51. The smallest absolute Gasteiger partial charge is 0.276 e. The molecule has 0 N–H and O–H groups in total. The quantitative estimate of drug-likeness (QED) is 0.841. The lowest BCUT2D eigenvalue weighted by atomic mass is 9.89. The Morgan fingerprint density at radius 3 is 2.50 bits per heavy atom. The van der Waals surface area contributed by atoms with Crippen molar-refractivity contribution in [3.63, 3.8) is 0 Å². The number of rotatable bonds is 4. The summed E-state index contributed by atoms with van der Waals surface area (Å²) in [5, 5.41) is 0. The molecule has 2 aromatic rings. The normalized spacial score (nSPS) is 20.4. The fraction of sp³-hybridized carbons (Fsp3) is 0.524. The SMILES string of the molecule is C[C@H](C1CCN(C(=O)c2ncoc2-c2ccccc2)CC1)N1CCCC1. The highest BCUT2D eigenvalue weighted by atomic mass is 16.3. The Bertz CT molecular complexity index is 729. The maximum absolute atomic E-state index is 13.0. The minimum atomic E-state index is -0.00937. The first kappa shape index (κ1) is 17.3. The van der Waals surface area contributed by atoms with Crippen LogP contribution in [-0.4, -0.2) is 52.9 Å². The van der Waals surface area contributed by atoms with Gasteiger partial charge in [-0.05, 0) is 51.6 Å². The third kappa shape index (κ3) is 3.40. The van der Waals surface area contributed by atoms with Gasteiger partial charge in [0, 0.05) is 24.7 Å². The second-order valence-corrected chi connectivity index (χ2v) is 7.51. The van der Waals surface area contributed by atoms with E-state index in [-0.39, 0.29) is 5.91 Å². The first-order valence-electron chi connectivity index (χ1n) is 9.76. The van der Waals surface area contributed by atoms with Crippen molar-refractivity contribution in [1.29, 1.82) is 0 Å². The van der Waals surface area contributed by atoms with Crippen LogP contribution in [0.3, 0.4) is 0 Å². The van der Waals surface area contributed by atoms with Gasteiger partial charge in [-0.15, -0.1) is 0 Å². The van der Waals surface area contributed by atoms with E-state index in [0.29, 0.717) is 23.4 Å². The molecule has 0 spiro atoms. The second kappa shape index (κ2) is 7.62. The summed E-state index contributed by atoms with van der Waals surface area (Å²) in [7, 11) is 0. The standard InChI is InChI=1S/C21H27N3O2/c1-16(23-11-5-6-12-23)17-9-13-24(14-10-17)21(25)19-20(26-15-22-19)18-7-3-2-4-8-18/h2-4,7-8,15-17H,5-6,9-14H2,1H3/t16-/m1/s1. The van der Waals surface area contributed by atoms with Crippen molar-refractivity contribution in [3.05, 3.63) is 42.4 Å². The highest BCUT2D eigenvalue weighted by Gasteiger charge is 2.32. The number of benzene rings is 1. The summed E-state index contributed by atoms with van der Waals surface area (Å²) in [5.41, 5.74) is 1.33. The number of amides is 1. The van der Waals surface area contributed by atoms with Gasteiger partial charge in [0.25, 0.3) is 5.91 Å². The van der Waals surface area contributed by atoms with Crippen molar-refractivity contribution in [2.75, 3.05) is 26.2 Å². The number of carbonyl (C=O) groups excluding carboxylic acids is 1. The van der Waals surface area contributed by atoms with Crippen molar-refractivity contribution in [2.24, 2.45) is 5.92 Å². The lowest BCUT2D eigenvalue weighted by Gasteiger charge is -2.38. The molecule has 3 heterocycles. The van der Waals surface area contributed by atoms with Gasteiger partial charge in [-0.3, -0.25) is 4.79 Å². The first-order valence-corrected chi connectivity index (χ1v) is 9.76. The van der Waals surface area contributed by atoms with E-state index in [1.807, 2.05) is 35.2 Å². The zero-order valence-electron chi connectivity index (χ0n) is 15.4. The number of hydrogen-bond donors (Lipinski definition) is 0. The Morgan fingerprint density at radius 1 is 1.12 bits per heavy atom. The Morgan fingerprint density at radius 2 is 1.81 bits per heavy atom. The summed E-state index contributed by atoms with van der Waals surface area (Å²) in [6.45, 7) is 6.45. The summed E-state index contributed by atoms with van der Waals surface area (Å²) in [4.78, 5) is 21.8. The number of aromatic nitrogens is 1. The largest absolute Gasteiger partial charge is 0.443 e. The zero-order valence-corrected chi connectivity index (χ0v) is 15.4. The molecule has 0 bridgehead atoms. The maximum Gasteiger partial charge on any atom is 0.276 e. The van der Waals surface area contributed by atoms with Crippen LogP contribution in [0.4, 0.5) is 0 Å². The molecular weight excluding hydrogens is 326 g/mol. The van der Waals surface area contributed by atoms with Crippen molar-refractivity contribution in [1.82, 2.24) is 14.8 Å². The molecule has 0 aliphatic carbocycles. The summed E-state index contributed by atoms with van der Waals surface area (Å²) in [5.74, 6) is 1.25. The number of hydrogen-bond acceptors (Lipinski definition) is 4. The van der Waals surface area contributed by atoms with Gasteiger partial charge in [0.05, 0.1) is 0 Å². The monoisotopic (exact) mass is 353 g/mol. The average molecular weight is 353 g/mol. The molecule has 2 fully saturated rings. The van der Waals surface area contributed by atoms with Crippen molar-refractivity contribution in [3.8, 4) is 11.3 Å². The van der Waals surface area contributed by atoms with E-state index in [4.69, 9.17) is 4.42 Å². The van der Waals surface area contributed by atoms with E-state index in [2.05, 4.69) is 16.8 Å². The van der Waals surface area contributed by atoms with Crippen molar-refractivity contribution >= 4 is 5.91 Å². The predicted molar refractivity (Wildman–Crippen MR) is 101 cm³/mol. The number of likely N-dealkylation sites (tertiary alicyclic amines) is 2. The highest BCUT2D eigenvalue weighted by Crippen LogP contribution is 2.29. The molecule has 2 aliphatic rings. The van der Waals surface area contributed by atoms with E-state index in [1.165, 1.54) is 32.3 Å². The molecule has 1 amide bonds. The molecule has 0 saturated carbocycles. The Labute approximate surface area is 155 Å². The highest BCUT2D eigenvalue weighted by molar-refractivity contribution is 5.97. The van der Waals surface area contributed by atoms with Gasteiger partial charge in [0.2, 0.25) is 0 Å². The van der Waals surface area contributed by atoms with E-state index in [0.717, 1.165) is 31.5 Å². The lowest BCUT2D eigenvalue weighted by Crippen LogP contribution is -2.45. The summed E-state index contributed by atoms with van der Waals surface area (Å²) < 4.78 is 5.52. The number of carbonyl (C=O) groups is 1. The molecule has 2 saturated heterocycles. The molecule has 1 aromatic carbocycles. The summed E-state index contributed by atoms with van der Waals surface area (Å²) in [6.07, 6.45) is 6.17. The number of piperidine rings is 1. The topological polar surface area (TPSA) is 49.6 Å².